The highest BCUT2D eigenvalue weighted by atomic mass is 32.2. The van der Waals surface area contributed by atoms with Crippen LogP contribution >= 0.6 is 24.0 Å². The number of anilines is 1. The Hall–Kier alpha value is -2.12. The molecule has 0 spiro atoms. The van der Waals surface area contributed by atoms with Crippen LogP contribution in [0.15, 0.2) is 42.5 Å². The van der Waals surface area contributed by atoms with E-state index in [2.05, 4.69) is 10.6 Å². The first-order valence-electron chi connectivity index (χ1n) is 8.56. The molecule has 2 rings (SSSR count). The van der Waals surface area contributed by atoms with E-state index in [1.807, 2.05) is 25.1 Å². The Balaban J connectivity index is 1.69. The maximum absolute atomic E-state index is 12.9. The molecule has 0 heterocycles. The Kier molecular flexibility index (Phi) is 8.54. The fourth-order valence-electron chi connectivity index (χ4n) is 2.42. The molecule has 0 saturated heterocycles. The highest BCUT2D eigenvalue weighted by molar-refractivity contribution is 7.98. The second kappa shape index (κ2) is 10.9. The number of nitrogens with one attached hydrogen (secondary N) is 2. The minimum atomic E-state index is -0.367. The monoisotopic (exact) mass is 406 g/mol. The maximum atomic E-state index is 12.9. The summed E-state index contributed by atoms with van der Waals surface area (Å²) in [5, 5.41) is 6.81. The summed E-state index contributed by atoms with van der Waals surface area (Å²) in [7, 11) is 1.36. The highest BCUT2D eigenvalue weighted by Gasteiger charge is 2.12. The van der Waals surface area contributed by atoms with Crippen LogP contribution < -0.4 is 10.6 Å². The summed E-state index contributed by atoms with van der Waals surface area (Å²) in [6.07, 6.45) is 0.953. The molecule has 0 saturated carbocycles. The number of carbonyl (C=O) groups is 1. The van der Waals surface area contributed by atoms with Gasteiger partial charge in [0.1, 0.15) is 5.82 Å². The van der Waals surface area contributed by atoms with E-state index in [1.165, 1.54) is 19.2 Å². The van der Waals surface area contributed by atoms with Crippen LogP contribution in [0.5, 0.6) is 0 Å². The lowest BCUT2D eigenvalue weighted by atomic mass is 10.1. The number of thioether (sulfide) groups is 1. The Labute approximate surface area is 168 Å². The van der Waals surface area contributed by atoms with E-state index in [1.54, 1.807) is 23.9 Å². The fraction of sp³-hybridized carbons (Fsp3) is 0.300. The molecule has 0 unspecified atom stereocenters. The van der Waals surface area contributed by atoms with E-state index in [4.69, 9.17) is 17.0 Å². The van der Waals surface area contributed by atoms with Crippen molar-refractivity contribution in [1.29, 1.82) is 0 Å². The number of hydrogen-bond donors (Lipinski definition) is 2. The van der Waals surface area contributed by atoms with Gasteiger partial charge in [-0.05, 0) is 66.7 Å². The molecule has 0 aliphatic carbocycles. The first-order valence-corrected chi connectivity index (χ1v) is 10.1. The molecule has 2 N–H and O–H groups in total. The number of rotatable bonds is 8. The molecule has 0 amide bonds. The molecule has 0 radical (unpaired) electrons. The molecule has 0 atom stereocenters. The largest absolute Gasteiger partial charge is 0.465 e. The van der Waals surface area contributed by atoms with Crippen LogP contribution in [0.4, 0.5) is 10.1 Å². The zero-order chi connectivity index (χ0) is 19.6. The van der Waals surface area contributed by atoms with Gasteiger partial charge in [0.05, 0.1) is 12.7 Å². The summed E-state index contributed by atoms with van der Waals surface area (Å²) in [5.74, 6) is 1.27. The van der Waals surface area contributed by atoms with Gasteiger partial charge in [0.25, 0.3) is 0 Å². The van der Waals surface area contributed by atoms with Crippen molar-refractivity contribution in [3.8, 4) is 0 Å². The average Bonchev–Trinajstić information content (AvgIpc) is 2.67. The Morgan fingerprint density at radius 3 is 2.67 bits per heavy atom. The van der Waals surface area contributed by atoms with Gasteiger partial charge in [-0.25, -0.2) is 9.18 Å². The molecule has 27 heavy (non-hydrogen) atoms. The van der Waals surface area contributed by atoms with Crippen molar-refractivity contribution < 1.29 is 13.9 Å². The maximum Gasteiger partial charge on any atom is 0.338 e. The number of esters is 1. The van der Waals surface area contributed by atoms with E-state index in [0.717, 1.165) is 41.3 Å². The number of benzene rings is 2. The second-order valence-corrected chi connectivity index (χ2v) is 7.40. The zero-order valence-corrected chi connectivity index (χ0v) is 17.0. The molecule has 144 valence electrons. The molecule has 0 bridgehead atoms. The fourth-order valence-corrected chi connectivity index (χ4v) is 3.55. The number of ether oxygens (including phenoxy) is 1. The zero-order valence-electron chi connectivity index (χ0n) is 15.4. The van der Waals surface area contributed by atoms with Crippen molar-refractivity contribution in [2.75, 3.05) is 24.7 Å². The SMILES string of the molecule is COC(=O)c1cccc(NC(=S)NCCCSCc2ccc(F)cc2)c1C. The summed E-state index contributed by atoms with van der Waals surface area (Å²) in [5.41, 5.74) is 3.21. The third kappa shape index (κ3) is 6.84. The number of carbonyl (C=O) groups excluding carboxylic acids is 1. The number of hydrogen-bond acceptors (Lipinski definition) is 4. The van der Waals surface area contributed by atoms with Crippen molar-refractivity contribution in [3.05, 3.63) is 65.0 Å². The first-order chi connectivity index (χ1) is 13.0. The van der Waals surface area contributed by atoms with Crippen LogP contribution in [-0.4, -0.2) is 30.5 Å². The smallest absolute Gasteiger partial charge is 0.338 e. The van der Waals surface area contributed by atoms with Crippen molar-refractivity contribution in [1.82, 2.24) is 5.32 Å². The van der Waals surface area contributed by atoms with E-state index >= 15 is 0 Å². The normalized spacial score (nSPS) is 10.3. The molecular formula is C20H23FN2O2S2. The van der Waals surface area contributed by atoms with Gasteiger partial charge in [-0.2, -0.15) is 11.8 Å². The number of methoxy groups -OCH3 is 1. The molecule has 0 fully saturated rings. The molecule has 7 heteroatoms. The van der Waals surface area contributed by atoms with Crippen molar-refractivity contribution in [2.45, 2.75) is 19.1 Å². The summed E-state index contributed by atoms with van der Waals surface area (Å²) < 4.78 is 17.6. The third-order valence-electron chi connectivity index (χ3n) is 3.92. The van der Waals surface area contributed by atoms with Gasteiger partial charge < -0.3 is 15.4 Å². The summed E-state index contributed by atoms with van der Waals surface area (Å²) in [4.78, 5) is 11.7. The first kappa shape index (κ1) is 21.2. The van der Waals surface area contributed by atoms with Gasteiger partial charge >= 0.3 is 5.97 Å². The molecule has 2 aromatic rings. The third-order valence-corrected chi connectivity index (χ3v) is 5.28. The molecule has 0 aliphatic rings. The van der Waals surface area contributed by atoms with Gasteiger partial charge in [0.15, 0.2) is 5.11 Å². The molecule has 2 aromatic carbocycles. The lowest BCUT2D eigenvalue weighted by Gasteiger charge is -2.14. The lowest BCUT2D eigenvalue weighted by molar-refractivity contribution is 0.0600. The van der Waals surface area contributed by atoms with Gasteiger partial charge in [-0.15, -0.1) is 0 Å². The molecule has 4 nitrogen and oxygen atoms in total. The second-order valence-electron chi connectivity index (χ2n) is 5.88. The Morgan fingerprint density at radius 1 is 1.22 bits per heavy atom. The Morgan fingerprint density at radius 2 is 1.96 bits per heavy atom. The van der Waals surface area contributed by atoms with Gasteiger partial charge in [-0.3, -0.25) is 0 Å². The van der Waals surface area contributed by atoms with Gasteiger partial charge in [0, 0.05) is 18.0 Å². The van der Waals surface area contributed by atoms with Crippen molar-refractivity contribution in [3.63, 3.8) is 0 Å². The van der Waals surface area contributed by atoms with Crippen molar-refractivity contribution in [2.24, 2.45) is 0 Å². The van der Waals surface area contributed by atoms with Crippen LogP contribution in [0.25, 0.3) is 0 Å². The van der Waals surface area contributed by atoms with E-state index in [9.17, 15) is 9.18 Å². The summed E-state index contributed by atoms with van der Waals surface area (Å²) >= 11 is 7.12. The topological polar surface area (TPSA) is 50.4 Å². The van der Waals surface area contributed by atoms with Crippen LogP contribution in [0, 0.1) is 12.7 Å². The quantitative estimate of drug-likeness (QED) is 0.382. The minimum absolute atomic E-state index is 0.207. The van der Waals surface area contributed by atoms with Crippen LogP contribution in [0.1, 0.15) is 27.9 Å². The standard InChI is InChI=1S/C20H23FN2O2S2/c1-14-17(19(24)25-2)5-3-6-18(14)23-20(26)22-11-4-12-27-13-15-7-9-16(21)10-8-15/h3,5-10H,4,11-13H2,1-2H3,(H2,22,23,26). The van der Waals surface area contributed by atoms with Crippen molar-refractivity contribution >= 4 is 40.7 Å². The molecule has 0 aliphatic heterocycles. The molecular weight excluding hydrogens is 383 g/mol. The van der Waals surface area contributed by atoms with Gasteiger partial charge in [0.2, 0.25) is 0 Å². The average molecular weight is 407 g/mol. The highest BCUT2D eigenvalue weighted by Crippen LogP contribution is 2.19. The molecule has 0 aromatic heterocycles. The van der Waals surface area contributed by atoms with Gasteiger partial charge in [-0.1, -0.05) is 18.2 Å². The predicted octanol–water partition coefficient (Wildman–Crippen LogP) is 4.53. The summed E-state index contributed by atoms with van der Waals surface area (Å²) in [6, 6.07) is 12.0. The Bertz CT molecular complexity index is 782. The minimum Gasteiger partial charge on any atom is -0.465 e. The predicted molar refractivity (Wildman–Crippen MR) is 114 cm³/mol. The van der Waals surface area contributed by atoms with Crippen LogP contribution in [0.2, 0.25) is 0 Å². The van der Waals surface area contributed by atoms with Crippen LogP contribution in [0.3, 0.4) is 0 Å². The van der Waals surface area contributed by atoms with Crippen LogP contribution in [-0.2, 0) is 10.5 Å². The van der Waals surface area contributed by atoms with E-state index in [0.29, 0.717) is 10.7 Å². The van der Waals surface area contributed by atoms with E-state index < -0.39 is 0 Å². The summed E-state index contributed by atoms with van der Waals surface area (Å²) in [6.45, 7) is 2.60. The number of halogens is 1. The lowest BCUT2D eigenvalue weighted by Crippen LogP contribution is -2.30. The number of thiocarbonyl (C=S) groups is 1. The van der Waals surface area contributed by atoms with E-state index in [-0.39, 0.29) is 11.8 Å².